The smallest absolute Gasteiger partial charge is 0.303 e. The van der Waals surface area contributed by atoms with Crippen molar-refractivity contribution in [3.8, 4) is 10.8 Å². The number of carbonyl (C=O) groups is 1. The standard InChI is InChI=1S/C13H15ClN2O3S/c1-7-6-20-11(10(7)14)12-16-15-8(19-12)4-13(2,3)5-9(17)18/h6H,4-5H2,1-3H3,(H,17,18). The molecule has 2 heterocycles. The number of rotatable bonds is 5. The molecule has 2 aromatic heterocycles. The predicted molar refractivity (Wildman–Crippen MR) is 77.1 cm³/mol. The van der Waals surface area contributed by atoms with E-state index in [9.17, 15) is 4.79 Å². The number of thiophene rings is 1. The number of carboxylic acids is 1. The molecular formula is C13H15ClN2O3S. The van der Waals surface area contributed by atoms with E-state index in [1.807, 2.05) is 26.2 Å². The molecule has 20 heavy (non-hydrogen) atoms. The third-order valence-electron chi connectivity index (χ3n) is 2.82. The van der Waals surface area contributed by atoms with Crippen LogP contribution in [-0.4, -0.2) is 21.3 Å². The highest BCUT2D eigenvalue weighted by Crippen LogP contribution is 2.36. The van der Waals surface area contributed by atoms with Gasteiger partial charge in [0.15, 0.2) is 0 Å². The van der Waals surface area contributed by atoms with Crippen LogP contribution in [0.4, 0.5) is 0 Å². The van der Waals surface area contributed by atoms with E-state index in [1.54, 1.807) is 0 Å². The molecule has 2 rings (SSSR count). The Labute approximate surface area is 125 Å². The number of aryl methyl sites for hydroxylation is 1. The van der Waals surface area contributed by atoms with E-state index < -0.39 is 11.4 Å². The molecular weight excluding hydrogens is 300 g/mol. The highest BCUT2D eigenvalue weighted by atomic mass is 35.5. The highest BCUT2D eigenvalue weighted by Gasteiger charge is 2.26. The molecule has 7 heteroatoms. The molecule has 0 atom stereocenters. The molecule has 0 saturated carbocycles. The minimum atomic E-state index is -0.841. The minimum Gasteiger partial charge on any atom is -0.481 e. The number of aliphatic carboxylic acids is 1. The zero-order valence-electron chi connectivity index (χ0n) is 11.4. The highest BCUT2D eigenvalue weighted by molar-refractivity contribution is 7.14. The lowest BCUT2D eigenvalue weighted by molar-refractivity contribution is -0.139. The summed E-state index contributed by atoms with van der Waals surface area (Å²) in [7, 11) is 0. The van der Waals surface area contributed by atoms with Crippen molar-refractivity contribution in [1.82, 2.24) is 10.2 Å². The van der Waals surface area contributed by atoms with Gasteiger partial charge >= 0.3 is 5.97 Å². The third kappa shape index (κ3) is 3.37. The maximum absolute atomic E-state index is 10.8. The Hall–Kier alpha value is -1.40. The van der Waals surface area contributed by atoms with Crippen LogP contribution in [-0.2, 0) is 11.2 Å². The Kier molecular flexibility index (Phi) is 4.15. The van der Waals surface area contributed by atoms with Gasteiger partial charge < -0.3 is 9.52 Å². The van der Waals surface area contributed by atoms with E-state index in [-0.39, 0.29) is 6.42 Å². The topological polar surface area (TPSA) is 76.2 Å². The molecule has 0 aliphatic carbocycles. The zero-order chi connectivity index (χ0) is 14.9. The minimum absolute atomic E-state index is 0.0452. The second-order valence-corrected chi connectivity index (χ2v) is 6.73. The van der Waals surface area contributed by atoms with Gasteiger partial charge in [-0.1, -0.05) is 25.4 Å². The molecule has 2 aromatic rings. The summed E-state index contributed by atoms with van der Waals surface area (Å²) in [5, 5.41) is 19.4. The van der Waals surface area contributed by atoms with Gasteiger partial charge in [0.2, 0.25) is 5.89 Å². The van der Waals surface area contributed by atoms with Crippen molar-refractivity contribution in [3.05, 3.63) is 21.9 Å². The Bertz CT molecular complexity index is 633. The first kappa shape index (κ1) is 15.0. The maximum Gasteiger partial charge on any atom is 0.303 e. The lowest BCUT2D eigenvalue weighted by atomic mass is 9.86. The van der Waals surface area contributed by atoms with Gasteiger partial charge in [-0.2, -0.15) is 0 Å². The molecule has 0 amide bonds. The van der Waals surface area contributed by atoms with Crippen LogP contribution in [0.25, 0.3) is 10.8 Å². The number of hydrogen-bond acceptors (Lipinski definition) is 5. The number of nitrogens with zero attached hydrogens (tertiary/aromatic N) is 2. The normalized spacial score (nSPS) is 11.8. The second kappa shape index (κ2) is 5.54. The first-order valence-corrected chi connectivity index (χ1v) is 7.32. The molecule has 0 spiro atoms. The summed E-state index contributed by atoms with van der Waals surface area (Å²) in [6.07, 6.45) is 0.456. The van der Waals surface area contributed by atoms with Gasteiger partial charge in [0, 0.05) is 6.42 Å². The van der Waals surface area contributed by atoms with Gasteiger partial charge in [0.05, 0.1) is 11.4 Å². The first-order valence-electron chi connectivity index (χ1n) is 6.06. The van der Waals surface area contributed by atoms with Crippen LogP contribution in [0, 0.1) is 12.3 Å². The van der Waals surface area contributed by atoms with Gasteiger partial charge in [-0.05, 0) is 23.3 Å². The van der Waals surface area contributed by atoms with E-state index in [0.717, 1.165) is 10.4 Å². The Morgan fingerprint density at radius 2 is 2.20 bits per heavy atom. The molecule has 0 fully saturated rings. The number of halogens is 1. The largest absolute Gasteiger partial charge is 0.481 e. The SMILES string of the molecule is Cc1csc(-c2nnc(CC(C)(C)CC(=O)O)o2)c1Cl. The van der Waals surface area contributed by atoms with Crippen molar-refractivity contribution in [2.45, 2.75) is 33.6 Å². The Morgan fingerprint density at radius 3 is 2.75 bits per heavy atom. The van der Waals surface area contributed by atoms with Gasteiger partial charge in [0.1, 0.15) is 4.88 Å². The number of aromatic nitrogens is 2. The van der Waals surface area contributed by atoms with Gasteiger partial charge in [-0.25, -0.2) is 0 Å². The van der Waals surface area contributed by atoms with Gasteiger partial charge in [-0.15, -0.1) is 21.5 Å². The number of hydrogen-bond donors (Lipinski definition) is 1. The monoisotopic (exact) mass is 314 g/mol. The van der Waals surface area contributed by atoms with E-state index in [2.05, 4.69) is 10.2 Å². The quantitative estimate of drug-likeness (QED) is 0.908. The fraction of sp³-hybridized carbons (Fsp3) is 0.462. The predicted octanol–water partition coefficient (Wildman–Crippen LogP) is 3.80. The van der Waals surface area contributed by atoms with Crippen LogP contribution in [0.3, 0.4) is 0 Å². The van der Waals surface area contributed by atoms with E-state index in [4.69, 9.17) is 21.1 Å². The summed E-state index contributed by atoms with van der Waals surface area (Å²) >= 11 is 7.61. The van der Waals surface area contributed by atoms with Crippen molar-refractivity contribution in [1.29, 1.82) is 0 Å². The summed E-state index contributed by atoms with van der Waals surface area (Å²) in [5.74, 6) is -0.0331. The molecule has 0 bridgehead atoms. The molecule has 0 aromatic carbocycles. The van der Waals surface area contributed by atoms with E-state index in [1.165, 1.54) is 11.3 Å². The first-order chi connectivity index (χ1) is 9.28. The van der Waals surface area contributed by atoms with Gasteiger partial charge in [0.25, 0.3) is 5.89 Å². The molecule has 0 unspecified atom stereocenters. The fourth-order valence-corrected chi connectivity index (χ4v) is 3.07. The molecule has 108 valence electrons. The Balaban J connectivity index is 2.17. The molecule has 0 aliphatic heterocycles. The molecule has 5 nitrogen and oxygen atoms in total. The summed E-state index contributed by atoms with van der Waals surface area (Å²) < 4.78 is 5.59. The van der Waals surface area contributed by atoms with Crippen LogP contribution in [0.1, 0.15) is 31.7 Å². The average Bonchev–Trinajstić information content (AvgIpc) is 2.85. The molecule has 0 radical (unpaired) electrons. The van der Waals surface area contributed by atoms with Gasteiger partial charge in [-0.3, -0.25) is 4.79 Å². The third-order valence-corrected chi connectivity index (χ3v) is 4.50. The lowest BCUT2D eigenvalue weighted by Crippen LogP contribution is -2.19. The maximum atomic E-state index is 10.8. The van der Waals surface area contributed by atoms with Crippen LogP contribution in [0.2, 0.25) is 5.02 Å². The van der Waals surface area contributed by atoms with Crippen LogP contribution >= 0.6 is 22.9 Å². The van der Waals surface area contributed by atoms with Crippen LogP contribution in [0.5, 0.6) is 0 Å². The van der Waals surface area contributed by atoms with Crippen molar-refractivity contribution < 1.29 is 14.3 Å². The second-order valence-electron chi connectivity index (χ2n) is 5.47. The fourth-order valence-electron chi connectivity index (χ4n) is 1.87. The van der Waals surface area contributed by atoms with Crippen molar-refractivity contribution in [2.24, 2.45) is 5.41 Å². The van der Waals surface area contributed by atoms with Crippen LogP contribution < -0.4 is 0 Å². The number of carboxylic acid groups (broad SMARTS) is 1. The summed E-state index contributed by atoms with van der Waals surface area (Å²) in [6.45, 7) is 5.62. The zero-order valence-corrected chi connectivity index (χ0v) is 13.0. The van der Waals surface area contributed by atoms with Crippen molar-refractivity contribution >= 4 is 28.9 Å². The lowest BCUT2D eigenvalue weighted by Gasteiger charge is -2.19. The summed E-state index contributed by atoms with van der Waals surface area (Å²) in [6, 6.07) is 0. The molecule has 1 N–H and O–H groups in total. The summed E-state index contributed by atoms with van der Waals surface area (Å²) in [5.41, 5.74) is 0.530. The van der Waals surface area contributed by atoms with Crippen molar-refractivity contribution in [2.75, 3.05) is 0 Å². The van der Waals surface area contributed by atoms with E-state index in [0.29, 0.717) is 23.2 Å². The van der Waals surface area contributed by atoms with E-state index >= 15 is 0 Å². The molecule has 0 saturated heterocycles. The van der Waals surface area contributed by atoms with Crippen molar-refractivity contribution in [3.63, 3.8) is 0 Å². The molecule has 0 aliphatic rings. The average molecular weight is 315 g/mol. The Morgan fingerprint density at radius 1 is 1.50 bits per heavy atom. The summed E-state index contributed by atoms with van der Waals surface area (Å²) in [4.78, 5) is 11.5. The van der Waals surface area contributed by atoms with Crippen LogP contribution in [0.15, 0.2) is 9.80 Å².